The van der Waals surface area contributed by atoms with E-state index in [1.165, 1.54) is 0 Å². The second-order valence-electron chi connectivity index (χ2n) is 4.00. The fourth-order valence-electron chi connectivity index (χ4n) is 1.31. The SMILES string of the molecule is CO/[C](=[Cf]\[N]1C(F)(F)C(F)(F)N(C)C(F)(F)C1(F)F)C(F)(F)F. The maximum atomic E-state index is 13.5. The molecule has 1 fully saturated rings. The second kappa shape index (κ2) is 4.74. The normalized spacial score (nSPS) is 27.6. The molecule has 1 aliphatic heterocycles. The summed E-state index contributed by atoms with van der Waals surface area (Å²) in [6, 6.07) is -23.7. The summed E-state index contributed by atoms with van der Waals surface area (Å²) in [6.07, 6.45) is -5.55. The van der Waals surface area contributed by atoms with E-state index in [4.69, 9.17) is 0 Å². The van der Waals surface area contributed by atoms with Gasteiger partial charge in [-0.3, -0.25) is 0 Å². The first-order valence-corrected chi connectivity index (χ1v) is 7.58. The predicted molar refractivity (Wildman–Crippen MR) is 47.5 cm³/mol. The van der Waals surface area contributed by atoms with Gasteiger partial charge in [-0.2, -0.15) is 0 Å². The summed E-state index contributed by atoms with van der Waals surface area (Å²) in [5.74, 6) is 0. The van der Waals surface area contributed by atoms with Crippen LogP contribution in [0.15, 0.2) is 0 Å². The van der Waals surface area contributed by atoms with E-state index >= 15 is 0 Å². The third-order valence-electron chi connectivity index (χ3n) is 2.53. The summed E-state index contributed by atoms with van der Waals surface area (Å²) < 4.78 is 144. The van der Waals surface area contributed by atoms with Gasteiger partial charge in [0.2, 0.25) is 0 Å². The number of ether oxygens (including phenoxy) is 1. The third-order valence-corrected chi connectivity index (χ3v) is 6.42. The summed E-state index contributed by atoms with van der Waals surface area (Å²) in [4.78, 5) is -1.87. The standard InChI is InChI=1S/C5H3F8N2.C3H3F3O.Cf/c1-15-4(10,11)2(6,7)14-3(8,9)5(15,12)13;1-7-2-3(4,5)6;/h1H3;1H3;/q-1;;+1. The quantitative estimate of drug-likeness (QED) is 0.356. The zero-order valence-electron chi connectivity index (χ0n) is 10.8. The molecule has 1 heterocycles. The van der Waals surface area contributed by atoms with Gasteiger partial charge in [-0.05, 0) is 0 Å². The molecular weight excluding hydrogens is 600 g/mol. The average molecular weight is 606 g/mol. The Hall–Kier alpha value is -2.02. The number of alkyl halides is 11. The fraction of sp³-hybridized carbons (Fsp3) is 0.875. The minimum absolute atomic E-state index is 0.265. The van der Waals surface area contributed by atoms with Crippen molar-refractivity contribution in [1.29, 1.82) is 0 Å². The molecule has 0 aliphatic carbocycles. The molecule has 0 unspecified atom stereocenters. The Balaban J connectivity index is 3.63. The van der Waals surface area contributed by atoms with Crippen LogP contribution in [0, 0.1) is 0 Å². The Labute approximate surface area is 116 Å². The first-order chi connectivity index (χ1) is 9.95. The summed E-state index contributed by atoms with van der Waals surface area (Å²) in [7, 11) is -0.132. The summed E-state index contributed by atoms with van der Waals surface area (Å²) >= 11 is 0. The van der Waals surface area contributed by atoms with Gasteiger partial charge in [-0.1, -0.05) is 0 Å². The molecule has 0 aromatic heterocycles. The Bertz CT molecular complexity index is 475. The van der Waals surface area contributed by atoms with Crippen molar-refractivity contribution in [2.24, 2.45) is 0 Å². The van der Waals surface area contributed by atoms with Crippen LogP contribution in [0.4, 0.5) is 48.3 Å². The molecule has 0 bridgehead atoms. The van der Waals surface area contributed by atoms with Crippen molar-refractivity contribution in [1.82, 2.24) is 10.2 Å². The van der Waals surface area contributed by atoms with E-state index in [0.717, 1.165) is 0 Å². The molecule has 0 N–H and O–H groups in total. The van der Waals surface area contributed by atoms with Gasteiger partial charge in [-0.15, -0.1) is 0 Å². The molecule has 0 amide bonds. The summed E-state index contributed by atoms with van der Waals surface area (Å²) in [6.45, 7) is -2.33. The van der Waals surface area contributed by atoms with Gasteiger partial charge < -0.3 is 0 Å². The van der Waals surface area contributed by atoms with Gasteiger partial charge in [0.25, 0.3) is 0 Å². The zero-order chi connectivity index (χ0) is 18.6. The minimum atomic E-state index is -5.99. The molecule has 1 saturated heterocycles. The van der Waals surface area contributed by atoms with Crippen LogP contribution < -0.4 is 0 Å². The molecule has 0 atom stereocenters. The number of rotatable bonds is 2. The fourth-order valence-corrected chi connectivity index (χ4v) is 3.87. The monoisotopic (exact) mass is 604 g/mol. The number of methoxy groups -OCH3 is 1. The molecule has 0 aromatic rings. The second-order valence-corrected chi connectivity index (χ2v) is 6.96. The third kappa shape index (κ3) is 2.39. The van der Waals surface area contributed by atoms with Crippen LogP contribution in [-0.2, 0) is 4.74 Å². The van der Waals surface area contributed by atoms with Crippen molar-refractivity contribution in [2.75, 3.05) is 14.2 Å². The van der Waals surface area contributed by atoms with Crippen molar-refractivity contribution < 1.29 is 53.0 Å². The van der Waals surface area contributed by atoms with Crippen molar-refractivity contribution in [3.05, 3.63) is 0 Å². The number of nitrogens with zero attached hydrogens (tertiary/aromatic N) is 2. The van der Waals surface area contributed by atoms with Crippen molar-refractivity contribution in [3.8, 4) is 0 Å². The van der Waals surface area contributed by atoms with Gasteiger partial charge >= 0.3 is 114 Å². The van der Waals surface area contributed by atoms with Crippen molar-refractivity contribution in [2.45, 2.75) is 30.4 Å². The van der Waals surface area contributed by atoms with Crippen LogP contribution in [0.2, 0.25) is 0 Å². The molecule has 0 aromatic carbocycles. The predicted octanol–water partition coefficient (Wildman–Crippen LogP) is 2.94. The Morgan fingerprint density at radius 3 is 1.43 bits per heavy atom. The Morgan fingerprint density at radius 2 is 1.17 bits per heavy atom. The van der Waals surface area contributed by atoms with E-state index in [1.54, 1.807) is 0 Å². The van der Waals surface area contributed by atoms with Crippen LogP contribution in [0.3, 0.4) is 0 Å². The van der Waals surface area contributed by atoms with E-state index in [1.807, 2.05) is 0 Å². The van der Waals surface area contributed by atoms with Gasteiger partial charge in [0.1, 0.15) is 0 Å². The summed E-state index contributed by atoms with van der Waals surface area (Å²) in [5.41, 5.74) is 0. The van der Waals surface area contributed by atoms with Crippen LogP contribution in [-0.4, -0.2) is 61.3 Å². The van der Waals surface area contributed by atoms with Crippen LogP contribution in [0.1, 0.15) is 0 Å². The van der Waals surface area contributed by atoms with Gasteiger partial charge in [-0.25, -0.2) is 0 Å². The van der Waals surface area contributed by atoms with Crippen LogP contribution in [0.5, 0.6) is 0 Å². The molecule has 1 rings (SSSR count). The number of hydrogen-bond donors (Lipinski definition) is 0. The van der Waals surface area contributed by atoms with Crippen molar-refractivity contribution in [3.63, 3.8) is 0 Å². The number of likely N-dealkylation sites (N-methyl/N-ethyl adjacent to an activating group) is 1. The molecule has 141 valence electrons. The molecule has 1 aliphatic rings. The van der Waals surface area contributed by atoms with E-state index in [2.05, 4.69) is 4.74 Å². The van der Waals surface area contributed by atoms with E-state index in [9.17, 15) is 48.3 Å². The molecular formula is C8H6CfF11N2O. The first-order valence-electron chi connectivity index (χ1n) is 5.08. The van der Waals surface area contributed by atoms with E-state index < -0.39 is 54.2 Å². The zero-order valence-corrected chi connectivity index (χ0v) is 13.4. The molecule has 0 saturated carbocycles. The van der Waals surface area contributed by atoms with E-state index in [0.29, 0.717) is 0 Å². The van der Waals surface area contributed by atoms with Gasteiger partial charge in [0, 0.05) is 0 Å². The van der Waals surface area contributed by atoms with Gasteiger partial charge in [0.05, 0.1) is 0 Å². The molecule has 3 nitrogen and oxygen atoms in total. The van der Waals surface area contributed by atoms with Crippen LogP contribution >= 0.6 is 0 Å². The number of hydrogen-bond acceptors (Lipinski definition) is 3. The summed E-state index contributed by atoms with van der Waals surface area (Å²) in [5, 5.41) is -2.08. The maximum absolute atomic E-state index is 13.5. The Morgan fingerprint density at radius 1 is 0.826 bits per heavy atom. The van der Waals surface area contributed by atoms with Crippen LogP contribution in [0.25, 0.3) is 0 Å². The molecule has 0 radical (unpaired) electrons. The van der Waals surface area contributed by atoms with Gasteiger partial charge in [0.15, 0.2) is 0 Å². The average Bonchev–Trinajstić information content (AvgIpc) is 2.34. The molecule has 23 heavy (non-hydrogen) atoms. The molecule has 0 spiro atoms. The van der Waals surface area contributed by atoms with Crippen molar-refractivity contribution >= 4 is 6.61 Å². The number of piperazine rings is 1. The molecule has 15 heteroatoms. The Kier molecular flexibility index (Phi) is 3.92. The topological polar surface area (TPSA) is 15.7 Å². The first kappa shape index (κ1) is 19.0. The van der Waals surface area contributed by atoms with E-state index in [-0.39, 0.29) is 7.11 Å². The number of halogens is 11.